The fraction of sp³-hybridized carbons (Fsp3) is 0.476. The summed E-state index contributed by atoms with van der Waals surface area (Å²) in [6.07, 6.45) is -1.78. The van der Waals surface area contributed by atoms with E-state index in [1.807, 2.05) is 26.0 Å². The predicted molar refractivity (Wildman–Crippen MR) is 573 cm³/mol. The number of hydrogen-bond acceptors (Lipinski definition) is 0. The number of hydrogen-bond donors (Lipinski definition) is 0. The predicted octanol–water partition coefficient (Wildman–Crippen LogP) is 39.0. The Hall–Kier alpha value is -8.79. The third-order valence-electron chi connectivity index (χ3n) is 24.4. The lowest BCUT2D eigenvalue weighted by Crippen LogP contribution is -2.34. The highest BCUT2D eigenvalue weighted by atomic mass is 19.4. The molecular formula is C126H183F3. The van der Waals surface area contributed by atoms with Crippen molar-refractivity contribution < 1.29 is 13.2 Å². The van der Waals surface area contributed by atoms with Gasteiger partial charge in [-0.2, -0.15) is 13.2 Å². The zero-order valence-electron chi connectivity index (χ0n) is 90.5. The molecule has 0 fully saturated rings. The molecule has 0 heterocycles. The van der Waals surface area contributed by atoms with Gasteiger partial charge in [-0.1, -0.05) is 397 Å². The molecule has 129 heavy (non-hydrogen) atoms. The molecule has 0 atom stereocenters. The summed E-state index contributed by atoms with van der Waals surface area (Å²) < 4.78 is 38.1. The van der Waals surface area contributed by atoms with Crippen LogP contribution in [0, 0.1) is 155 Å². The van der Waals surface area contributed by atoms with Crippen LogP contribution in [0.25, 0.3) is 0 Å². The molecule has 0 bridgehead atoms. The summed E-state index contributed by atoms with van der Waals surface area (Å²) in [7, 11) is 0. The number of alkyl halides is 3. The molecule has 11 rings (SSSR count). The van der Waals surface area contributed by atoms with E-state index in [4.69, 9.17) is 0 Å². The smallest absolute Gasteiger partial charge is 0.171 e. The van der Waals surface area contributed by atoms with Crippen molar-refractivity contribution in [3.63, 3.8) is 0 Å². The van der Waals surface area contributed by atoms with Crippen LogP contribution in [-0.2, 0) is 30.1 Å². The molecule has 0 saturated carbocycles. The second kappa shape index (κ2) is 55.5. The highest BCUT2D eigenvalue weighted by Gasteiger charge is 2.47. The molecular weight excluding hydrogens is 1570 g/mol. The molecule has 0 unspecified atom stereocenters. The van der Waals surface area contributed by atoms with E-state index in [1.54, 1.807) is 6.07 Å². The first-order valence-corrected chi connectivity index (χ1v) is 48.1. The summed E-state index contributed by atoms with van der Waals surface area (Å²) in [5, 5.41) is 0. The van der Waals surface area contributed by atoms with Crippen LogP contribution >= 0.6 is 0 Å². The van der Waals surface area contributed by atoms with Gasteiger partial charge in [-0.3, -0.25) is 0 Å². The van der Waals surface area contributed by atoms with Gasteiger partial charge in [0.25, 0.3) is 0 Å². The van der Waals surface area contributed by atoms with Crippen molar-refractivity contribution in [2.75, 3.05) is 0 Å². The van der Waals surface area contributed by atoms with Crippen molar-refractivity contribution in [1.29, 1.82) is 0 Å². The molecule has 0 aliphatic rings. The molecule has 0 N–H and O–H groups in total. The Morgan fingerprint density at radius 2 is 0.488 bits per heavy atom. The minimum absolute atomic E-state index is 0.0254. The lowest BCUT2D eigenvalue weighted by molar-refractivity contribution is -0.211. The average molecular weight is 1750 g/mol. The first kappa shape index (κ1) is 118. The monoisotopic (exact) mass is 1750 g/mol. The molecule has 0 amide bonds. The van der Waals surface area contributed by atoms with E-state index >= 15 is 0 Å². The summed E-state index contributed by atoms with van der Waals surface area (Å²) in [6.45, 7) is 97.0. The second-order valence-electron chi connectivity index (χ2n) is 43.3. The van der Waals surface area contributed by atoms with Crippen LogP contribution in [0.15, 0.2) is 212 Å². The molecule has 0 saturated heterocycles. The summed E-state index contributed by atoms with van der Waals surface area (Å²) >= 11 is 0. The van der Waals surface area contributed by atoms with Crippen LogP contribution in [0.2, 0.25) is 0 Å². The SMILES string of the molecule is Cc1ccc(C(C)(C)C)cc1C.Cc1ccc(C(C)(C)C)cc1C(C)C.Cc1ccc(C(C)C)cc1C.Cc1ccc(C(C)C)cc1C(C)C.Cc1ccc(C)c(C(C)C)c1.Cc1ccc(C)c(C)c1.Cc1ccc(CC(C)(C)C(F)(F)F)cc1C.Cc1ccc(CC(C)(C)C)cc1C.Cc1ccc(CC(C)C)cc1C.Cc1ccccc1C.Cc1ccccc1C(C)C. The maximum Gasteiger partial charge on any atom is 0.394 e. The first-order valence-electron chi connectivity index (χ1n) is 48.1. The molecule has 0 spiro atoms. The largest absolute Gasteiger partial charge is 0.394 e. The van der Waals surface area contributed by atoms with E-state index in [-0.39, 0.29) is 17.3 Å². The van der Waals surface area contributed by atoms with Gasteiger partial charge in [-0.05, 0) is 377 Å². The van der Waals surface area contributed by atoms with E-state index in [0.717, 1.165) is 29.0 Å². The molecule has 11 aromatic carbocycles. The molecule has 708 valence electrons. The first-order chi connectivity index (χ1) is 59.3. The van der Waals surface area contributed by atoms with E-state index in [2.05, 4.69) is 478 Å². The summed E-state index contributed by atoms with van der Waals surface area (Å²) in [5.41, 5.74) is 41.7. The average Bonchev–Trinajstić information content (AvgIpc) is 0.831. The summed E-state index contributed by atoms with van der Waals surface area (Å²) in [6, 6.07) is 76.1. The normalized spacial score (nSPS) is 11.2. The Kier molecular flexibility index (Phi) is 50.9. The van der Waals surface area contributed by atoms with Gasteiger partial charge in [0.1, 0.15) is 0 Å². The molecule has 0 radical (unpaired) electrons. The number of benzene rings is 11. The standard InChI is InChI=1S/C14H22.C13H17F3.2C13H20.2C12H18.2C11H16.C10H14.C9H12.C8H10/c1-10(2)13-9-12(14(4,5)6)8-7-11(13)3;1-9-5-6-11(7-10(9)2)8-12(3,4)13(14,15)16;1-10-6-7-12(8-11(10)2)9-13(3,4)5;1-9(2)12-7-6-11(5)13(8-12)10(3)4;1-9-6-7-11(8-10(9)2)12(3,4)5;1-9(2)7-12-6-5-10(3)11(4)8-12;1-8(2)11-6-5-9(3)10(4)7-11;1-8(2)11-7-9(3)5-6-10(11)4;1-8(2)10-7-5-4-6-9(10)3;1-7-4-5-8(2)9(3)6-7;1-7-5-3-4-6-8(7)2/h7-10H,1-6H3;5-7H,8H2,1-4H3;6-8H,9H2,1-5H3;6-10H,1-5H3;6-8H,1-5H3;5-6,8-9H,7H2,1-4H3;2*5-8H,1-4H3;4-8H,1-3H3;4-6H,1-3H3;3-6H,1-2H3. The third-order valence-corrected chi connectivity index (χ3v) is 24.4. The van der Waals surface area contributed by atoms with Crippen molar-refractivity contribution in [2.45, 2.75) is 383 Å². The number of rotatable bonds is 11. The van der Waals surface area contributed by atoms with Crippen LogP contribution in [0.5, 0.6) is 0 Å². The van der Waals surface area contributed by atoms with Gasteiger partial charge in [-0.25, -0.2) is 0 Å². The van der Waals surface area contributed by atoms with Gasteiger partial charge in [0.2, 0.25) is 0 Å². The molecule has 0 aliphatic heterocycles. The lowest BCUT2D eigenvalue weighted by atomic mass is 9.83. The van der Waals surface area contributed by atoms with Crippen molar-refractivity contribution in [3.8, 4) is 0 Å². The van der Waals surface area contributed by atoms with Crippen LogP contribution in [0.1, 0.15) is 381 Å². The highest BCUT2D eigenvalue weighted by molar-refractivity contribution is 5.41. The van der Waals surface area contributed by atoms with E-state index < -0.39 is 11.6 Å². The Morgan fingerprint density at radius 3 is 0.806 bits per heavy atom. The van der Waals surface area contributed by atoms with E-state index in [0.29, 0.717) is 40.9 Å². The maximum atomic E-state index is 12.7. The fourth-order valence-electron chi connectivity index (χ4n) is 14.3. The Balaban J connectivity index is 0.000000712. The molecule has 11 aromatic rings. The van der Waals surface area contributed by atoms with E-state index in [9.17, 15) is 13.2 Å². The lowest BCUT2D eigenvalue weighted by Gasteiger charge is -2.27. The maximum absolute atomic E-state index is 12.7. The van der Waals surface area contributed by atoms with Crippen LogP contribution in [0.4, 0.5) is 13.2 Å². The van der Waals surface area contributed by atoms with Gasteiger partial charge in [0, 0.05) is 0 Å². The zero-order chi connectivity index (χ0) is 99.3. The zero-order valence-corrected chi connectivity index (χ0v) is 90.5. The highest BCUT2D eigenvalue weighted by Crippen LogP contribution is 2.41. The van der Waals surface area contributed by atoms with Crippen LogP contribution in [-0.4, -0.2) is 6.18 Å². The van der Waals surface area contributed by atoms with Crippen LogP contribution in [0.3, 0.4) is 0 Å². The van der Waals surface area contributed by atoms with E-state index in [1.165, 1.54) is 176 Å². The summed E-state index contributed by atoms with van der Waals surface area (Å²) in [5.74, 6) is 4.60. The Bertz CT molecular complexity index is 5080. The van der Waals surface area contributed by atoms with Gasteiger partial charge in [0.15, 0.2) is 0 Å². The Labute approximate surface area is 792 Å². The minimum atomic E-state index is -4.16. The third kappa shape index (κ3) is 45.7. The Morgan fingerprint density at radius 1 is 0.217 bits per heavy atom. The van der Waals surface area contributed by atoms with Gasteiger partial charge in [-0.15, -0.1) is 0 Å². The van der Waals surface area contributed by atoms with Gasteiger partial charge < -0.3 is 0 Å². The number of aryl methyl sites for hydroxylation is 20. The molecule has 0 nitrogen and oxygen atoms in total. The van der Waals surface area contributed by atoms with Gasteiger partial charge >= 0.3 is 6.18 Å². The van der Waals surface area contributed by atoms with Gasteiger partial charge in [0.05, 0.1) is 5.41 Å². The fourth-order valence-corrected chi connectivity index (χ4v) is 14.3. The van der Waals surface area contributed by atoms with Crippen LogP contribution < -0.4 is 0 Å². The molecule has 0 aromatic heterocycles. The summed E-state index contributed by atoms with van der Waals surface area (Å²) in [4.78, 5) is 0. The minimum Gasteiger partial charge on any atom is -0.171 e. The van der Waals surface area contributed by atoms with Crippen molar-refractivity contribution in [2.24, 2.45) is 16.7 Å². The topological polar surface area (TPSA) is 0 Å². The quantitative estimate of drug-likeness (QED) is 0.121. The van der Waals surface area contributed by atoms with Crippen molar-refractivity contribution in [1.82, 2.24) is 0 Å². The number of halogens is 3. The molecule has 0 aliphatic carbocycles. The van der Waals surface area contributed by atoms with Crippen molar-refractivity contribution >= 4 is 0 Å². The van der Waals surface area contributed by atoms with Crippen molar-refractivity contribution in [3.05, 3.63) is 385 Å². The second-order valence-corrected chi connectivity index (χ2v) is 43.3. The molecule has 3 heteroatoms.